The normalized spacial score (nSPS) is 20.0. The third kappa shape index (κ3) is 2.37. The topological polar surface area (TPSA) is 35.8 Å². The molecule has 1 aromatic rings. The largest absolute Gasteiger partial charge is 0.312 e. The van der Waals surface area contributed by atoms with Gasteiger partial charge in [0.15, 0.2) is 0 Å². The van der Waals surface area contributed by atoms with Gasteiger partial charge in [0.2, 0.25) is 0 Å². The maximum atomic E-state index is 13.7. The van der Waals surface area contributed by atoms with Gasteiger partial charge in [0.05, 0.1) is 11.6 Å². The summed E-state index contributed by atoms with van der Waals surface area (Å²) < 4.78 is 13.7. The van der Waals surface area contributed by atoms with E-state index in [9.17, 15) is 4.39 Å². The van der Waals surface area contributed by atoms with Crippen LogP contribution in [-0.2, 0) is 6.54 Å². The Morgan fingerprint density at radius 3 is 2.37 bits per heavy atom. The molecule has 1 N–H and O–H groups in total. The SMILES string of the molecule is CC1(C)C(CNCc2ccc(C#N)cc2F)C1(C)C. The number of hydrogen-bond acceptors (Lipinski definition) is 2. The molecule has 0 aromatic heterocycles. The minimum Gasteiger partial charge on any atom is -0.312 e. The van der Waals surface area contributed by atoms with Gasteiger partial charge >= 0.3 is 0 Å². The van der Waals surface area contributed by atoms with Gasteiger partial charge in [0, 0.05) is 12.1 Å². The van der Waals surface area contributed by atoms with Crippen molar-refractivity contribution in [1.82, 2.24) is 5.32 Å². The van der Waals surface area contributed by atoms with Gasteiger partial charge in [-0.2, -0.15) is 5.26 Å². The van der Waals surface area contributed by atoms with E-state index in [1.165, 1.54) is 6.07 Å². The van der Waals surface area contributed by atoms with Crippen molar-refractivity contribution in [3.63, 3.8) is 0 Å². The average Bonchev–Trinajstić information content (AvgIpc) is 2.73. The molecule has 1 aliphatic rings. The summed E-state index contributed by atoms with van der Waals surface area (Å²) in [5.41, 5.74) is 1.69. The molecule has 0 atom stereocenters. The molecule has 1 aromatic carbocycles. The molecule has 3 heteroatoms. The average molecular weight is 260 g/mol. The van der Waals surface area contributed by atoms with E-state index in [1.807, 2.05) is 6.07 Å². The maximum Gasteiger partial charge on any atom is 0.129 e. The molecule has 1 fully saturated rings. The van der Waals surface area contributed by atoms with E-state index in [0.717, 1.165) is 6.54 Å². The molecule has 0 heterocycles. The summed E-state index contributed by atoms with van der Waals surface area (Å²) in [6.07, 6.45) is 0. The summed E-state index contributed by atoms with van der Waals surface area (Å²) in [6.45, 7) is 10.5. The van der Waals surface area contributed by atoms with Crippen molar-refractivity contribution < 1.29 is 4.39 Å². The van der Waals surface area contributed by atoms with Gasteiger partial charge in [-0.3, -0.25) is 0 Å². The minimum atomic E-state index is -0.305. The molecule has 2 rings (SSSR count). The molecule has 1 saturated carbocycles. The molecule has 0 aliphatic heterocycles. The van der Waals surface area contributed by atoms with Crippen molar-refractivity contribution >= 4 is 0 Å². The van der Waals surface area contributed by atoms with Crippen LogP contribution in [-0.4, -0.2) is 6.54 Å². The fourth-order valence-electron chi connectivity index (χ4n) is 2.95. The van der Waals surface area contributed by atoms with Crippen LogP contribution in [0.1, 0.15) is 38.8 Å². The molecule has 19 heavy (non-hydrogen) atoms. The first-order chi connectivity index (χ1) is 8.80. The monoisotopic (exact) mass is 260 g/mol. The van der Waals surface area contributed by atoms with Crippen molar-refractivity contribution in [3.8, 4) is 6.07 Å². The van der Waals surface area contributed by atoms with E-state index in [1.54, 1.807) is 12.1 Å². The Bertz CT molecular complexity index is 512. The lowest BCUT2D eigenvalue weighted by molar-refractivity contribution is 0.457. The zero-order chi connectivity index (χ0) is 14.3. The zero-order valence-electron chi connectivity index (χ0n) is 12.0. The van der Waals surface area contributed by atoms with E-state index in [4.69, 9.17) is 5.26 Å². The molecule has 0 radical (unpaired) electrons. The predicted octanol–water partition coefficient (Wildman–Crippen LogP) is 3.47. The summed E-state index contributed by atoms with van der Waals surface area (Å²) >= 11 is 0. The molecule has 1 aliphatic carbocycles. The molecule has 2 nitrogen and oxygen atoms in total. The number of rotatable bonds is 4. The van der Waals surface area contributed by atoms with Crippen LogP contribution < -0.4 is 5.32 Å². The highest BCUT2D eigenvalue weighted by Crippen LogP contribution is 2.67. The molecule has 0 unspecified atom stereocenters. The molecule has 0 amide bonds. The van der Waals surface area contributed by atoms with Crippen LogP contribution in [0.4, 0.5) is 4.39 Å². The smallest absolute Gasteiger partial charge is 0.129 e. The molecule has 0 spiro atoms. The standard InChI is InChI=1S/C16H21FN2/c1-15(2)14(16(15,3)4)10-19-9-12-6-5-11(8-18)7-13(12)17/h5-7,14,19H,9-10H2,1-4H3. The molecular formula is C16H21FN2. The van der Waals surface area contributed by atoms with E-state index >= 15 is 0 Å². The second-order valence-corrected chi connectivity index (χ2v) is 6.54. The molecule has 0 bridgehead atoms. The first-order valence-corrected chi connectivity index (χ1v) is 6.70. The number of halogens is 1. The lowest BCUT2D eigenvalue weighted by Crippen LogP contribution is -2.19. The van der Waals surface area contributed by atoms with Crippen molar-refractivity contribution in [2.24, 2.45) is 16.7 Å². The summed E-state index contributed by atoms with van der Waals surface area (Å²) in [4.78, 5) is 0. The van der Waals surface area contributed by atoms with Crippen molar-refractivity contribution in [2.75, 3.05) is 6.54 Å². The van der Waals surface area contributed by atoms with Crippen LogP contribution in [0.25, 0.3) is 0 Å². The number of nitrogens with one attached hydrogen (secondary N) is 1. The summed E-state index contributed by atoms with van der Waals surface area (Å²) in [7, 11) is 0. The lowest BCUT2D eigenvalue weighted by atomic mass is 10.0. The Kier molecular flexibility index (Phi) is 3.40. The summed E-state index contributed by atoms with van der Waals surface area (Å²) in [6, 6.07) is 6.58. The molecule has 0 saturated heterocycles. The maximum absolute atomic E-state index is 13.7. The van der Waals surface area contributed by atoms with Crippen LogP contribution in [0.5, 0.6) is 0 Å². The van der Waals surface area contributed by atoms with Crippen molar-refractivity contribution in [1.29, 1.82) is 5.26 Å². The van der Waals surface area contributed by atoms with Crippen LogP contribution >= 0.6 is 0 Å². The summed E-state index contributed by atoms with van der Waals surface area (Å²) in [5.74, 6) is 0.322. The zero-order valence-corrected chi connectivity index (χ0v) is 12.0. The highest BCUT2D eigenvalue weighted by atomic mass is 19.1. The predicted molar refractivity (Wildman–Crippen MR) is 73.9 cm³/mol. The van der Waals surface area contributed by atoms with Crippen LogP contribution in [0, 0.1) is 33.9 Å². The molecule has 102 valence electrons. The lowest BCUT2D eigenvalue weighted by Gasteiger charge is -2.07. The second kappa shape index (κ2) is 4.61. The Labute approximate surface area is 114 Å². The van der Waals surface area contributed by atoms with Gasteiger partial charge in [0.25, 0.3) is 0 Å². The fourth-order valence-corrected chi connectivity index (χ4v) is 2.95. The number of hydrogen-bond donors (Lipinski definition) is 1. The van der Waals surface area contributed by atoms with Crippen molar-refractivity contribution in [3.05, 3.63) is 35.1 Å². The van der Waals surface area contributed by atoms with E-state index in [-0.39, 0.29) is 5.82 Å². The fraction of sp³-hybridized carbons (Fsp3) is 0.562. The first kappa shape index (κ1) is 14.0. The van der Waals surface area contributed by atoms with E-state index < -0.39 is 0 Å². The summed E-state index contributed by atoms with van der Waals surface area (Å²) in [5, 5.41) is 12.0. The second-order valence-electron chi connectivity index (χ2n) is 6.54. The van der Waals surface area contributed by atoms with Crippen LogP contribution in [0.2, 0.25) is 0 Å². The third-order valence-corrected chi connectivity index (χ3v) is 5.17. The van der Waals surface area contributed by atoms with Crippen molar-refractivity contribution in [2.45, 2.75) is 34.2 Å². The minimum absolute atomic E-state index is 0.305. The number of benzene rings is 1. The van der Waals surface area contributed by atoms with Gasteiger partial charge in [-0.1, -0.05) is 33.8 Å². The van der Waals surface area contributed by atoms with Crippen LogP contribution in [0.3, 0.4) is 0 Å². The highest BCUT2D eigenvalue weighted by molar-refractivity contribution is 5.32. The van der Waals surface area contributed by atoms with Crippen LogP contribution in [0.15, 0.2) is 18.2 Å². The Morgan fingerprint density at radius 1 is 1.26 bits per heavy atom. The van der Waals surface area contributed by atoms with Gasteiger partial charge < -0.3 is 5.32 Å². The number of nitriles is 1. The van der Waals surface area contributed by atoms with E-state index in [2.05, 4.69) is 33.0 Å². The van der Waals surface area contributed by atoms with Gasteiger partial charge in [-0.25, -0.2) is 4.39 Å². The van der Waals surface area contributed by atoms with Gasteiger partial charge in [-0.05, 0) is 35.4 Å². The van der Waals surface area contributed by atoms with Gasteiger partial charge in [0.1, 0.15) is 5.82 Å². The van der Waals surface area contributed by atoms with Gasteiger partial charge in [-0.15, -0.1) is 0 Å². The molecular weight excluding hydrogens is 239 g/mol. The quantitative estimate of drug-likeness (QED) is 0.899. The third-order valence-electron chi connectivity index (χ3n) is 5.17. The Hall–Kier alpha value is -1.40. The Balaban J connectivity index is 1.90. The number of nitrogens with zero attached hydrogens (tertiary/aromatic N) is 1. The van der Waals surface area contributed by atoms with E-state index in [0.29, 0.717) is 34.4 Å². The first-order valence-electron chi connectivity index (χ1n) is 6.70. The Morgan fingerprint density at radius 2 is 1.89 bits per heavy atom. The highest BCUT2D eigenvalue weighted by Gasteiger charge is 2.63.